The van der Waals surface area contributed by atoms with Crippen molar-refractivity contribution >= 4 is 29.8 Å². The molecule has 0 aromatic carbocycles. The minimum Gasteiger partial charge on any atom is -0.479 e. The molecular weight excluding hydrogens is 1260 g/mol. The van der Waals surface area contributed by atoms with E-state index in [1.54, 1.807) is 13.8 Å². The summed E-state index contributed by atoms with van der Waals surface area (Å²) >= 11 is 0. The van der Waals surface area contributed by atoms with E-state index >= 15 is 0 Å². The van der Waals surface area contributed by atoms with Crippen LogP contribution in [0.3, 0.4) is 0 Å². The molecular formula is C66H100O29. The van der Waals surface area contributed by atoms with Crippen LogP contribution in [0, 0.1) is 50.2 Å². The predicted molar refractivity (Wildman–Crippen MR) is 323 cm³/mol. The van der Waals surface area contributed by atoms with Gasteiger partial charge in [-0.25, -0.2) is 19.2 Å². The van der Waals surface area contributed by atoms with Gasteiger partial charge in [-0.15, -0.1) is 0 Å². The molecule has 0 aromatic rings. The first-order valence-electron chi connectivity index (χ1n) is 32.9. The molecule has 29 nitrogen and oxygen atoms in total. The molecule has 13 N–H and O–H groups in total. The van der Waals surface area contributed by atoms with Crippen LogP contribution in [0.25, 0.3) is 0 Å². The lowest BCUT2D eigenvalue weighted by molar-refractivity contribution is -0.395. The molecule has 8 fully saturated rings. The molecule has 538 valence electrons. The van der Waals surface area contributed by atoms with Crippen LogP contribution in [0.5, 0.6) is 0 Å². The number of carbonyl (C=O) groups excluding carboxylic acids is 3. The van der Waals surface area contributed by atoms with Gasteiger partial charge in [-0.3, -0.25) is 4.79 Å². The Hall–Kier alpha value is -4.19. The van der Waals surface area contributed by atoms with Gasteiger partial charge in [0.05, 0.1) is 36.9 Å². The number of aliphatic hydroxyl groups excluding tert-OH is 11. The smallest absolute Gasteiger partial charge is 0.337 e. The zero-order valence-electron chi connectivity index (χ0n) is 56.0. The lowest BCUT2D eigenvalue weighted by Gasteiger charge is -2.72. The molecule has 9 rings (SSSR count). The summed E-state index contributed by atoms with van der Waals surface area (Å²) in [6.45, 7) is 21.1. The number of allylic oxidation sites excluding steroid dienone is 4. The number of hydrogen-bond acceptors (Lipinski definition) is 27. The normalized spacial score (nSPS) is 48.1. The summed E-state index contributed by atoms with van der Waals surface area (Å²) in [5.41, 5.74) is -4.46. The maximum Gasteiger partial charge on any atom is 0.337 e. The summed E-state index contributed by atoms with van der Waals surface area (Å²) in [6, 6.07) is 0. The highest BCUT2D eigenvalue weighted by atomic mass is 16.8. The second kappa shape index (κ2) is 27.7. The quantitative estimate of drug-likeness (QED) is 0.0303. The molecule has 4 saturated heterocycles. The number of ether oxygens (including phenoxy) is 11. The Morgan fingerprint density at radius 1 is 0.568 bits per heavy atom. The monoisotopic (exact) mass is 1360 g/mol. The Balaban J connectivity index is 1.03. The van der Waals surface area contributed by atoms with Crippen LogP contribution in [0.15, 0.2) is 34.9 Å². The molecule has 4 aliphatic heterocycles. The van der Waals surface area contributed by atoms with Crippen LogP contribution in [0.1, 0.15) is 135 Å². The molecule has 0 aromatic heterocycles. The lowest BCUT2D eigenvalue weighted by Crippen LogP contribution is -2.73. The van der Waals surface area contributed by atoms with Crippen molar-refractivity contribution in [1.29, 1.82) is 0 Å². The molecule has 0 spiro atoms. The number of esters is 3. The van der Waals surface area contributed by atoms with Gasteiger partial charge in [0.15, 0.2) is 49.6 Å². The molecule has 5 unspecified atom stereocenters. The molecule has 5 aliphatic carbocycles. The average molecular weight is 1360 g/mol. The topological polar surface area (TPSA) is 450 Å². The molecule has 31 atom stereocenters. The maximum atomic E-state index is 13.5. The Labute approximate surface area is 551 Å². The SMILES string of the molecule is C/C=C(/C)C(=O)O[C@H]1[C@H](OC(=O)/C(C)=C\C)[C@@H](O)C(O[C@H]2[C@H](OC(C)=O)[C@@]3(CO)C(CC2(C)C)C2=CCC4[C@@]5(C)CC[C@H](OC6O[C@H](C(=O)O)[C@@H](O)[C@H](O[C@H]7O[C@H](C)[C@@H](O)[C@H](O)[C@@H]7O)[C@H]6O[C@@H]6O[C@H](CO)[C@H](O)[C@H](O)[C@H]6O)C(C)(C)C5CC[C@@]4(C)[C@]2(C)C[C@H]3O)O[C@@H]1C(=O)O. The third kappa shape index (κ3) is 12.8. The molecule has 95 heavy (non-hydrogen) atoms. The average Bonchev–Trinajstić information content (AvgIpc) is 0.669. The Kier molecular flexibility index (Phi) is 21.9. The molecule has 4 heterocycles. The predicted octanol–water partition coefficient (Wildman–Crippen LogP) is 0.168. The number of carboxylic acid groups (broad SMARTS) is 2. The number of hydrogen-bond donors (Lipinski definition) is 13. The van der Waals surface area contributed by atoms with Gasteiger partial charge < -0.3 is 118 Å². The van der Waals surface area contributed by atoms with E-state index < -0.39 is 229 Å². The number of aliphatic hydroxyl groups is 11. The minimum atomic E-state index is -2.16. The summed E-state index contributed by atoms with van der Waals surface area (Å²) in [5.74, 6) is -7.07. The summed E-state index contributed by atoms with van der Waals surface area (Å²) in [4.78, 5) is 66.3. The van der Waals surface area contributed by atoms with Crippen molar-refractivity contribution in [1.82, 2.24) is 0 Å². The van der Waals surface area contributed by atoms with Gasteiger partial charge in [-0.2, -0.15) is 0 Å². The van der Waals surface area contributed by atoms with Gasteiger partial charge in [-0.05, 0) is 124 Å². The summed E-state index contributed by atoms with van der Waals surface area (Å²) in [7, 11) is 0. The zero-order chi connectivity index (χ0) is 70.5. The Bertz CT molecular complexity index is 2930. The van der Waals surface area contributed by atoms with E-state index in [0.717, 1.165) is 12.5 Å². The van der Waals surface area contributed by atoms with Crippen molar-refractivity contribution in [2.75, 3.05) is 13.2 Å². The van der Waals surface area contributed by atoms with E-state index in [-0.39, 0.29) is 35.8 Å². The number of rotatable bonds is 17. The first-order valence-corrected chi connectivity index (χ1v) is 32.9. The van der Waals surface area contributed by atoms with Gasteiger partial charge in [0.25, 0.3) is 0 Å². The van der Waals surface area contributed by atoms with Crippen molar-refractivity contribution < 1.29 is 142 Å². The van der Waals surface area contributed by atoms with E-state index in [0.29, 0.717) is 32.1 Å². The van der Waals surface area contributed by atoms with Crippen LogP contribution in [0.4, 0.5) is 0 Å². The molecule has 9 aliphatic rings. The molecule has 29 heteroatoms. The van der Waals surface area contributed by atoms with Crippen LogP contribution < -0.4 is 0 Å². The van der Waals surface area contributed by atoms with Gasteiger partial charge in [0.1, 0.15) is 79.4 Å². The van der Waals surface area contributed by atoms with Gasteiger partial charge in [0.2, 0.25) is 0 Å². The van der Waals surface area contributed by atoms with Crippen LogP contribution in [-0.2, 0) is 76.1 Å². The summed E-state index contributed by atoms with van der Waals surface area (Å²) in [5, 5.41) is 146. The van der Waals surface area contributed by atoms with Crippen LogP contribution in [-0.4, -0.2) is 257 Å². The van der Waals surface area contributed by atoms with Gasteiger partial charge in [-0.1, -0.05) is 72.3 Å². The highest BCUT2D eigenvalue weighted by molar-refractivity contribution is 5.89. The first-order chi connectivity index (χ1) is 44.3. The maximum absolute atomic E-state index is 13.5. The van der Waals surface area contributed by atoms with E-state index in [2.05, 4.69) is 26.8 Å². The number of aliphatic carboxylic acids is 2. The Morgan fingerprint density at radius 3 is 1.69 bits per heavy atom. The van der Waals surface area contributed by atoms with Crippen molar-refractivity contribution in [2.45, 2.75) is 282 Å². The van der Waals surface area contributed by atoms with E-state index in [9.17, 15) is 90.4 Å². The second-order valence-corrected chi connectivity index (χ2v) is 29.9. The summed E-state index contributed by atoms with van der Waals surface area (Å²) < 4.78 is 67.1. The molecule has 0 amide bonds. The van der Waals surface area contributed by atoms with E-state index in [1.807, 2.05) is 27.7 Å². The summed E-state index contributed by atoms with van der Waals surface area (Å²) in [6.07, 6.45) is -34.8. The van der Waals surface area contributed by atoms with E-state index in [4.69, 9.17) is 52.1 Å². The van der Waals surface area contributed by atoms with Crippen LogP contribution in [0.2, 0.25) is 0 Å². The second-order valence-electron chi connectivity index (χ2n) is 29.9. The van der Waals surface area contributed by atoms with Gasteiger partial charge in [0, 0.05) is 18.1 Å². The van der Waals surface area contributed by atoms with Crippen molar-refractivity contribution in [2.24, 2.45) is 50.2 Å². The zero-order valence-corrected chi connectivity index (χ0v) is 56.0. The van der Waals surface area contributed by atoms with Gasteiger partial charge >= 0.3 is 29.8 Å². The molecule has 0 radical (unpaired) electrons. The number of fused-ring (bicyclic) bond motifs is 7. The standard InChI is InChI=1S/C66H100O29/c1-14-26(3)55(83)89-46-44(78)59(93-49(54(81)82)48(46)90-56(84)27(4)15-2)95-51-52(86-29(6)69)66(25-68)31(22-61(51,7)8)30-16-17-34-63(11)20-19-36(62(9,10)33(63)18-21-64(34,12)65(30,13)23-35(66)70)88-60-50(94-58-42(76)40(74)38(72)32(24-67)87-58)45(43(77)47(92-60)53(79)80)91-57-41(75)39(73)37(71)28(5)85-57/h14-16,28,31-52,57-60,67-68,70-78H,17-25H2,1-13H3,(H,79,80)(H,81,82)/b26-14-,27-15-/t28-,31?,32-,33?,34?,35-,36+,37-,38+,39+,40+,41+,42-,43+,44-,45+,46-,47+,48+,49+,50-,51+,52+,57-,58+,59?,60?,63+,64-,65-,66+/m1/s1. The third-order valence-corrected chi connectivity index (χ3v) is 23.9. The van der Waals surface area contributed by atoms with E-state index in [1.165, 1.54) is 32.9 Å². The third-order valence-electron chi connectivity index (χ3n) is 23.9. The molecule has 0 bridgehead atoms. The Morgan fingerprint density at radius 2 is 1.13 bits per heavy atom. The number of carbonyl (C=O) groups is 5. The van der Waals surface area contributed by atoms with Crippen molar-refractivity contribution in [3.63, 3.8) is 0 Å². The highest BCUT2D eigenvalue weighted by Crippen LogP contribution is 2.76. The first kappa shape index (κ1) is 75.0. The largest absolute Gasteiger partial charge is 0.479 e. The van der Waals surface area contributed by atoms with Crippen LogP contribution >= 0.6 is 0 Å². The fourth-order valence-corrected chi connectivity index (χ4v) is 18.1. The van der Waals surface area contributed by atoms with Crippen molar-refractivity contribution in [3.05, 3.63) is 34.9 Å². The fraction of sp³-hybridized carbons (Fsp3) is 0.833. The number of carboxylic acids is 2. The van der Waals surface area contributed by atoms with Crippen molar-refractivity contribution in [3.8, 4) is 0 Å². The molecule has 4 saturated carbocycles. The lowest BCUT2D eigenvalue weighted by atomic mass is 9.33. The highest BCUT2D eigenvalue weighted by Gasteiger charge is 2.74. The fourth-order valence-electron chi connectivity index (χ4n) is 18.1. The minimum absolute atomic E-state index is 0.0460.